The number of ether oxygens (including phenoxy) is 1. The molecular weight excluding hydrogens is 494 g/mol. The van der Waals surface area contributed by atoms with E-state index in [1.165, 1.54) is 12.1 Å². The standard InChI is InChI=1S/C23H28ClF4N3O4/c24-14-5-4-13(10-15(14)25)35-12-19(33)30-22-8-6-21(7-9-22,11-18(22)32)31-20(34)16-2-1-3-17(29-16)23(26,27)28/h4-5,10,16-18,29,32H,1-3,6-9,11-12H2,(H,30,33)(H,31,34). The van der Waals surface area contributed by atoms with Gasteiger partial charge in [0.15, 0.2) is 6.61 Å². The molecule has 4 fully saturated rings. The Labute approximate surface area is 204 Å². The second kappa shape index (κ2) is 9.74. The second-order valence-corrected chi connectivity index (χ2v) is 10.2. The molecule has 1 aromatic carbocycles. The largest absolute Gasteiger partial charge is 0.484 e. The Bertz CT molecular complexity index is 969. The molecular formula is C23H28ClF4N3O4. The lowest BCUT2D eigenvalue weighted by Gasteiger charge is -2.56. The monoisotopic (exact) mass is 521 g/mol. The molecule has 3 aliphatic carbocycles. The highest BCUT2D eigenvalue weighted by Crippen LogP contribution is 2.47. The number of piperidine rings is 1. The van der Waals surface area contributed by atoms with Crippen LogP contribution in [0.25, 0.3) is 0 Å². The van der Waals surface area contributed by atoms with Crippen LogP contribution in [-0.2, 0) is 9.59 Å². The van der Waals surface area contributed by atoms with Crippen molar-refractivity contribution in [2.45, 2.75) is 86.8 Å². The highest BCUT2D eigenvalue weighted by Gasteiger charge is 2.56. The molecule has 0 radical (unpaired) electrons. The Morgan fingerprint density at radius 3 is 2.51 bits per heavy atom. The smallest absolute Gasteiger partial charge is 0.403 e. The number of benzene rings is 1. The van der Waals surface area contributed by atoms with Gasteiger partial charge in [0.05, 0.1) is 22.7 Å². The number of hydrogen-bond acceptors (Lipinski definition) is 5. The molecule has 4 aliphatic rings. The average Bonchev–Trinajstić information content (AvgIpc) is 2.80. The van der Waals surface area contributed by atoms with E-state index in [0.717, 1.165) is 6.07 Å². The lowest BCUT2D eigenvalue weighted by molar-refractivity contribution is -0.165. The van der Waals surface area contributed by atoms with Gasteiger partial charge in [-0.2, -0.15) is 13.2 Å². The van der Waals surface area contributed by atoms with Crippen LogP contribution >= 0.6 is 11.6 Å². The SMILES string of the molecule is O=C(COc1ccc(Cl)c(F)c1)NC12CCC(NC(=O)C3CCCC(C(F)(F)F)N3)(CC1)CC2O. The number of nitrogens with one attached hydrogen (secondary N) is 3. The van der Waals surface area contributed by atoms with Crippen LogP contribution in [-0.4, -0.2) is 59.0 Å². The van der Waals surface area contributed by atoms with Crippen LogP contribution in [0.2, 0.25) is 5.02 Å². The van der Waals surface area contributed by atoms with Gasteiger partial charge in [0.2, 0.25) is 5.91 Å². The van der Waals surface area contributed by atoms with E-state index in [1.807, 2.05) is 0 Å². The first-order valence-corrected chi connectivity index (χ1v) is 12.0. The van der Waals surface area contributed by atoms with Crippen molar-refractivity contribution in [3.63, 3.8) is 0 Å². The van der Waals surface area contributed by atoms with Crippen LogP contribution in [0.1, 0.15) is 51.4 Å². The van der Waals surface area contributed by atoms with Crippen molar-refractivity contribution in [1.29, 1.82) is 0 Å². The van der Waals surface area contributed by atoms with Crippen LogP contribution in [0.15, 0.2) is 18.2 Å². The number of alkyl halides is 3. The van der Waals surface area contributed by atoms with E-state index in [4.69, 9.17) is 16.3 Å². The molecule has 0 aromatic heterocycles. The minimum absolute atomic E-state index is 0.0595. The molecule has 3 atom stereocenters. The molecule has 2 bridgehead atoms. The molecule has 1 aliphatic heterocycles. The van der Waals surface area contributed by atoms with Crippen molar-refractivity contribution in [2.75, 3.05) is 6.61 Å². The summed E-state index contributed by atoms with van der Waals surface area (Å²) in [6.45, 7) is -0.384. The summed E-state index contributed by atoms with van der Waals surface area (Å²) in [6, 6.07) is 1.17. The highest BCUT2D eigenvalue weighted by atomic mass is 35.5. The lowest BCUT2D eigenvalue weighted by Crippen LogP contribution is -2.71. The van der Waals surface area contributed by atoms with Gasteiger partial charge in [0.1, 0.15) is 17.6 Å². The number of carbonyl (C=O) groups is 2. The summed E-state index contributed by atoms with van der Waals surface area (Å²) < 4.78 is 58.1. The summed E-state index contributed by atoms with van der Waals surface area (Å²) in [6.07, 6.45) is -2.93. The molecule has 12 heteroatoms. The summed E-state index contributed by atoms with van der Waals surface area (Å²) in [4.78, 5) is 25.3. The molecule has 1 heterocycles. The Balaban J connectivity index is 1.31. The molecule has 7 nitrogen and oxygen atoms in total. The number of aliphatic hydroxyl groups is 1. The predicted octanol–water partition coefficient (Wildman–Crippen LogP) is 2.98. The Kier molecular flexibility index (Phi) is 7.23. The number of fused-ring (bicyclic) bond motifs is 3. The van der Waals surface area contributed by atoms with Crippen molar-refractivity contribution in [3.05, 3.63) is 29.0 Å². The normalized spacial score (nSPS) is 32.7. The Hall–Kier alpha value is -2.11. The summed E-state index contributed by atoms with van der Waals surface area (Å²) >= 11 is 5.63. The first kappa shape index (κ1) is 26.0. The summed E-state index contributed by atoms with van der Waals surface area (Å²) in [5.74, 6) is -1.51. The third kappa shape index (κ3) is 5.67. The Morgan fingerprint density at radius 2 is 1.89 bits per heavy atom. The van der Waals surface area contributed by atoms with Gasteiger partial charge in [-0.25, -0.2) is 4.39 Å². The van der Waals surface area contributed by atoms with Gasteiger partial charge in [-0.1, -0.05) is 11.6 Å². The minimum Gasteiger partial charge on any atom is -0.484 e. The number of carbonyl (C=O) groups excluding carboxylic acids is 2. The number of halogens is 5. The molecule has 5 rings (SSSR count). The number of rotatable bonds is 6. The molecule has 194 valence electrons. The molecule has 1 saturated heterocycles. The summed E-state index contributed by atoms with van der Waals surface area (Å²) in [5, 5.41) is 18.9. The van der Waals surface area contributed by atoms with E-state index in [1.54, 1.807) is 0 Å². The van der Waals surface area contributed by atoms with Gasteiger partial charge in [0, 0.05) is 11.6 Å². The van der Waals surface area contributed by atoms with Crippen LogP contribution < -0.4 is 20.7 Å². The lowest BCUT2D eigenvalue weighted by atomic mass is 9.59. The number of aliphatic hydroxyl groups excluding tert-OH is 1. The zero-order valence-electron chi connectivity index (χ0n) is 18.9. The quantitative estimate of drug-likeness (QED) is 0.431. The number of hydrogen-bond donors (Lipinski definition) is 4. The summed E-state index contributed by atoms with van der Waals surface area (Å²) in [7, 11) is 0. The molecule has 35 heavy (non-hydrogen) atoms. The van der Waals surface area contributed by atoms with Crippen molar-refractivity contribution in [1.82, 2.24) is 16.0 Å². The first-order valence-electron chi connectivity index (χ1n) is 11.6. The minimum atomic E-state index is -4.41. The predicted molar refractivity (Wildman–Crippen MR) is 118 cm³/mol. The van der Waals surface area contributed by atoms with Gasteiger partial charge in [-0.15, -0.1) is 0 Å². The van der Waals surface area contributed by atoms with E-state index >= 15 is 0 Å². The second-order valence-electron chi connectivity index (χ2n) is 9.80. The maximum absolute atomic E-state index is 13.5. The van der Waals surface area contributed by atoms with Crippen molar-refractivity contribution >= 4 is 23.4 Å². The van der Waals surface area contributed by atoms with Crippen LogP contribution in [0.3, 0.4) is 0 Å². The Morgan fingerprint density at radius 1 is 1.17 bits per heavy atom. The van der Waals surface area contributed by atoms with E-state index < -0.39 is 53.1 Å². The molecule has 4 N–H and O–H groups in total. The average molecular weight is 522 g/mol. The fourth-order valence-electron chi connectivity index (χ4n) is 5.44. The molecule has 2 amide bonds. The number of amides is 2. The molecule has 0 spiro atoms. The topological polar surface area (TPSA) is 99.7 Å². The van der Waals surface area contributed by atoms with Crippen LogP contribution in [0, 0.1) is 5.82 Å². The molecule has 3 saturated carbocycles. The highest BCUT2D eigenvalue weighted by molar-refractivity contribution is 6.30. The third-order valence-corrected chi connectivity index (χ3v) is 7.77. The zero-order chi connectivity index (χ0) is 25.4. The summed E-state index contributed by atoms with van der Waals surface area (Å²) in [5.41, 5.74) is -1.62. The van der Waals surface area contributed by atoms with E-state index in [-0.39, 0.29) is 30.2 Å². The van der Waals surface area contributed by atoms with Crippen molar-refractivity contribution < 1.29 is 37.0 Å². The van der Waals surface area contributed by atoms with Crippen LogP contribution in [0.4, 0.5) is 17.6 Å². The van der Waals surface area contributed by atoms with Crippen molar-refractivity contribution in [2.24, 2.45) is 0 Å². The van der Waals surface area contributed by atoms with Gasteiger partial charge >= 0.3 is 6.18 Å². The van der Waals surface area contributed by atoms with Gasteiger partial charge in [0.25, 0.3) is 5.91 Å². The van der Waals surface area contributed by atoms with Gasteiger partial charge in [-0.05, 0) is 63.5 Å². The van der Waals surface area contributed by atoms with E-state index in [9.17, 15) is 32.3 Å². The maximum Gasteiger partial charge on any atom is 0.403 e. The van der Waals surface area contributed by atoms with Crippen molar-refractivity contribution in [3.8, 4) is 5.75 Å². The maximum atomic E-state index is 13.5. The fourth-order valence-corrected chi connectivity index (χ4v) is 5.56. The van der Waals surface area contributed by atoms with Gasteiger partial charge < -0.3 is 20.5 Å². The fraction of sp³-hybridized carbons (Fsp3) is 0.652. The zero-order valence-corrected chi connectivity index (χ0v) is 19.6. The van der Waals surface area contributed by atoms with E-state index in [2.05, 4.69) is 16.0 Å². The first-order chi connectivity index (χ1) is 16.4. The van der Waals surface area contributed by atoms with E-state index in [0.29, 0.717) is 38.5 Å². The van der Waals surface area contributed by atoms with Gasteiger partial charge in [-0.3, -0.25) is 14.9 Å². The van der Waals surface area contributed by atoms with Crippen LogP contribution in [0.5, 0.6) is 5.75 Å². The third-order valence-electron chi connectivity index (χ3n) is 7.46. The molecule has 3 unspecified atom stereocenters. The molecule has 1 aromatic rings.